The standard InChI is InChI=1S/C26H25N5O5S.ClH/c1-34-22-11-19(15-31-16-20(13-27)14-28-31)12-23-25(22)26(29-36-23)30-37(32,33)24-10-6-5-9-21(24)35-17-18-7-3-2-4-8-18;/h2-12,14,16H,13,15,17,27H2,1H3,(H,29,30);1H. The first kappa shape index (κ1) is 27.0. The van der Waals surface area contributed by atoms with Gasteiger partial charge in [-0.25, -0.2) is 8.42 Å². The van der Waals surface area contributed by atoms with E-state index in [0.717, 1.165) is 16.7 Å². The van der Waals surface area contributed by atoms with E-state index in [4.69, 9.17) is 19.7 Å². The van der Waals surface area contributed by atoms with Gasteiger partial charge >= 0.3 is 0 Å². The van der Waals surface area contributed by atoms with E-state index in [9.17, 15) is 8.42 Å². The van der Waals surface area contributed by atoms with Gasteiger partial charge in [0.1, 0.15) is 28.4 Å². The minimum Gasteiger partial charge on any atom is -0.496 e. The first-order chi connectivity index (χ1) is 18.0. The van der Waals surface area contributed by atoms with Crippen molar-refractivity contribution in [2.45, 2.75) is 24.6 Å². The van der Waals surface area contributed by atoms with E-state index in [-0.39, 0.29) is 35.5 Å². The molecule has 0 atom stereocenters. The number of sulfonamides is 1. The van der Waals surface area contributed by atoms with Crippen molar-refractivity contribution in [1.29, 1.82) is 0 Å². The lowest BCUT2D eigenvalue weighted by Crippen LogP contribution is -2.15. The fourth-order valence-electron chi connectivity index (χ4n) is 3.91. The van der Waals surface area contributed by atoms with Crippen LogP contribution in [-0.2, 0) is 29.7 Å². The summed E-state index contributed by atoms with van der Waals surface area (Å²) in [5.74, 6) is 0.643. The van der Waals surface area contributed by atoms with Crippen molar-refractivity contribution in [2.24, 2.45) is 5.73 Å². The highest BCUT2D eigenvalue weighted by molar-refractivity contribution is 7.92. The minimum absolute atomic E-state index is 0. The maximum Gasteiger partial charge on any atom is 0.266 e. The molecular weight excluding hydrogens is 530 g/mol. The van der Waals surface area contributed by atoms with E-state index < -0.39 is 10.0 Å². The van der Waals surface area contributed by atoms with Gasteiger partial charge in [-0.15, -0.1) is 12.4 Å². The number of hydrogen-bond acceptors (Lipinski definition) is 8. The summed E-state index contributed by atoms with van der Waals surface area (Å²) in [6.45, 7) is 1.06. The monoisotopic (exact) mass is 555 g/mol. The first-order valence-corrected chi connectivity index (χ1v) is 12.9. The lowest BCUT2D eigenvalue weighted by molar-refractivity contribution is 0.298. The molecule has 3 aromatic carbocycles. The van der Waals surface area contributed by atoms with Crippen LogP contribution in [0, 0.1) is 0 Å². The summed E-state index contributed by atoms with van der Waals surface area (Å²) in [7, 11) is -2.58. The molecule has 3 N–H and O–H groups in total. The number of para-hydroxylation sites is 1. The van der Waals surface area contributed by atoms with Gasteiger partial charge in [-0.1, -0.05) is 47.6 Å². The van der Waals surface area contributed by atoms with Crippen LogP contribution < -0.4 is 19.9 Å². The number of halogens is 1. The van der Waals surface area contributed by atoms with Crippen molar-refractivity contribution < 1.29 is 22.4 Å². The second-order valence-electron chi connectivity index (χ2n) is 8.28. The molecule has 0 aliphatic carbocycles. The first-order valence-electron chi connectivity index (χ1n) is 11.4. The molecule has 0 saturated carbocycles. The van der Waals surface area contributed by atoms with Gasteiger partial charge < -0.3 is 19.7 Å². The summed E-state index contributed by atoms with van der Waals surface area (Å²) in [5.41, 5.74) is 8.70. The molecule has 0 aliphatic rings. The van der Waals surface area contributed by atoms with Crippen LogP contribution >= 0.6 is 12.4 Å². The summed E-state index contributed by atoms with van der Waals surface area (Å²) >= 11 is 0. The van der Waals surface area contributed by atoms with Gasteiger partial charge in [0, 0.05) is 18.3 Å². The highest BCUT2D eigenvalue weighted by Gasteiger charge is 2.24. The molecule has 0 amide bonds. The molecule has 0 aliphatic heterocycles. The lowest BCUT2D eigenvalue weighted by Gasteiger charge is -2.13. The Morgan fingerprint density at radius 2 is 1.76 bits per heavy atom. The second-order valence-corrected chi connectivity index (χ2v) is 9.93. The summed E-state index contributed by atoms with van der Waals surface area (Å²) < 4.78 is 47.9. The molecule has 0 radical (unpaired) electrons. The SMILES string of the molecule is COc1cc(Cn2cc(CN)cn2)cc2onc(NS(=O)(=O)c3ccccc3OCc3ccccc3)c12.Cl. The van der Waals surface area contributed by atoms with Gasteiger partial charge in [-0.3, -0.25) is 9.40 Å². The van der Waals surface area contributed by atoms with Crippen molar-refractivity contribution in [2.75, 3.05) is 11.8 Å². The largest absolute Gasteiger partial charge is 0.496 e. The highest BCUT2D eigenvalue weighted by atomic mass is 35.5. The van der Waals surface area contributed by atoms with Crippen molar-refractivity contribution >= 4 is 39.2 Å². The molecule has 0 unspecified atom stereocenters. The Labute approximate surface area is 225 Å². The number of nitrogens with zero attached hydrogens (tertiary/aromatic N) is 3. The van der Waals surface area contributed by atoms with Gasteiger partial charge in [0.15, 0.2) is 11.4 Å². The third-order valence-corrected chi connectivity index (χ3v) is 7.07. The second kappa shape index (κ2) is 11.5. The number of aromatic nitrogens is 3. The van der Waals surface area contributed by atoms with Crippen LogP contribution in [0.25, 0.3) is 11.0 Å². The van der Waals surface area contributed by atoms with E-state index in [0.29, 0.717) is 29.8 Å². The number of fused-ring (bicyclic) bond motifs is 1. The summed E-state index contributed by atoms with van der Waals surface area (Å²) in [4.78, 5) is -0.0212. The molecule has 5 aromatic rings. The molecule has 0 bridgehead atoms. The number of nitrogens with one attached hydrogen (secondary N) is 1. The number of benzene rings is 3. The van der Waals surface area contributed by atoms with Crippen LogP contribution in [0.2, 0.25) is 0 Å². The van der Waals surface area contributed by atoms with Gasteiger partial charge in [-0.2, -0.15) is 5.10 Å². The molecular formula is C26H26ClN5O5S. The Morgan fingerprint density at radius 1 is 1.00 bits per heavy atom. The number of anilines is 1. The van der Waals surface area contributed by atoms with Gasteiger partial charge in [0.2, 0.25) is 0 Å². The zero-order valence-corrected chi connectivity index (χ0v) is 22.0. The third kappa shape index (κ3) is 5.75. The summed E-state index contributed by atoms with van der Waals surface area (Å²) in [6, 6.07) is 19.5. The van der Waals surface area contributed by atoms with Crippen LogP contribution in [0.15, 0.2) is 88.5 Å². The van der Waals surface area contributed by atoms with Crippen LogP contribution in [0.4, 0.5) is 5.82 Å². The van der Waals surface area contributed by atoms with Crippen molar-refractivity contribution in [3.05, 3.63) is 95.8 Å². The molecule has 0 fully saturated rings. The molecule has 10 nitrogen and oxygen atoms in total. The van der Waals surface area contributed by atoms with E-state index in [2.05, 4.69) is 15.0 Å². The van der Waals surface area contributed by atoms with Crippen LogP contribution in [0.3, 0.4) is 0 Å². The summed E-state index contributed by atoms with van der Waals surface area (Å²) in [6.07, 6.45) is 3.56. The van der Waals surface area contributed by atoms with Crippen molar-refractivity contribution in [3.8, 4) is 11.5 Å². The Bertz CT molecular complexity index is 1640. The zero-order valence-electron chi connectivity index (χ0n) is 20.4. The number of nitrogens with two attached hydrogens (primary N) is 1. The lowest BCUT2D eigenvalue weighted by atomic mass is 10.1. The Kier molecular flexibility index (Phi) is 8.20. The van der Waals surface area contributed by atoms with E-state index in [1.165, 1.54) is 13.2 Å². The minimum atomic E-state index is -4.07. The zero-order chi connectivity index (χ0) is 25.8. The maximum absolute atomic E-state index is 13.4. The average molecular weight is 556 g/mol. The van der Waals surface area contributed by atoms with E-state index in [1.807, 2.05) is 36.5 Å². The predicted octanol–water partition coefficient (Wildman–Crippen LogP) is 4.34. The van der Waals surface area contributed by atoms with Gasteiger partial charge in [-0.05, 0) is 35.4 Å². The molecule has 2 heterocycles. The number of hydrogen-bond donors (Lipinski definition) is 2. The van der Waals surface area contributed by atoms with Crippen molar-refractivity contribution in [1.82, 2.24) is 14.9 Å². The van der Waals surface area contributed by atoms with Crippen LogP contribution in [0.1, 0.15) is 16.7 Å². The Morgan fingerprint density at radius 3 is 2.50 bits per heavy atom. The van der Waals surface area contributed by atoms with E-state index >= 15 is 0 Å². The van der Waals surface area contributed by atoms with Crippen molar-refractivity contribution in [3.63, 3.8) is 0 Å². The van der Waals surface area contributed by atoms with Crippen LogP contribution in [0.5, 0.6) is 11.5 Å². The number of methoxy groups -OCH3 is 1. The molecule has 198 valence electrons. The number of ether oxygens (including phenoxy) is 2. The molecule has 5 rings (SSSR count). The predicted molar refractivity (Wildman–Crippen MR) is 145 cm³/mol. The summed E-state index contributed by atoms with van der Waals surface area (Å²) in [5, 5.41) is 8.68. The topological polar surface area (TPSA) is 134 Å². The molecule has 38 heavy (non-hydrogen) atoms. The molecule has 0 saturated heterocycles. The third-order valence-electron chi connectivity index (χ3n) is 5.69. The van der Waals surface area contributed by atoms with Crippen LogP contribution in [-0.4, -0.2) is 30.5 Å². The Balaban J connectivity index is 0.00000336. The van der Waals surface area contributed by atoms with Gasteiger partial charge in [0.25, 0.3) is 10.0 Å². The van der Waals surface area contributed by atoms with E-state index in [1.54, 1.807) is 41.2 Å². The quantitative estimate of drug-likeness (QED) is 0.260. The molecule has 0 spiro atoms. The fraction of sp³-hybridized carbons (Fsp3) is 0.154. The normalized spacial score (nSPS) is 11.2. The molecule has 2 aromatic heterocycles. The fourth-order valence-corrected chi connectivity index (χ4v) is 5.06. The number of rotatable bonds is 10. The Hall–Kier alpha value is -4.06. The average Bonchev–Trinajstić information content (AvgIpc) is 3.54. The molecule has 12 heteroatoms. The van der Waals surface area contributed by atoms with Gasteiger partial charge in [0.05, 0.1) is 19.9 Å². The maximum atomic E-state index is 13.4. The smallest absolute Gasteiger partial charge is 0.266 e. The highest BCUT2D eigenvalue weighted by Crippen LogP contribution is 2.36.